The number of benzene rings is 1. The topological polar surface area (TPSA) is 12.0 Å². The van der Waals surface area contributed by atoms with Crippen LogP contribution >= 0.6 is 0 Å². The van der Waals surface area contributed by atoms with Crippen LogP contribution in [0, 0.1) is 5.82 Å². The van der Waals surface area contributed by atoms with Crippen molar-refractivity contribution in [1.29, 1.82) is 0 Å². The minimum atomic E-state index is -4.64. The fourth-order valence-corrected chi connectivity index (χ4v) is 2.09. The van der Waals surface area contributed by atoms with E-state index in [1.807, 2.05) is 13.8 Å². The first-order chi connectivity index (χ1) is 9.40. The van der Waals surface area contributed by atoms with Crippen molar-refractivity contribution < 1.29 is 17.6 Å². The molecule has 114 valence electrons. The number of nitrogens with one attached hydrogen (secondary N) is 1. The fraction of sp³-hybridized carbons (Fsp3) is 0.600. The number of rotatable bonds is 7. The second-order valence-electron chi connectivity index (χ2n) is 4.89. The zero-order valence-electron chi connectivity index (χ0n) is 11.9. The van der Waals surface area contributed by atoms with Crippen LogP contribution in [0.15, 0.2) is 18.2 Å². The van der Waals surface area contributed by atoms with E-state index in [-0.39, 0.29) is 6.04 Å². The second-order valence-corrected chi connectivity index (χ2v) is 4.89. The lowest BCUT2D eigenvalue weighted by Gasteiger charge is -2.20. The summed E-state index contributed by atoms with van der Waals surface area (Å²) in [4.78, 5) is 0. The van der Waals surface area contributed by atoms with Crippen LogP contribution in [-0.4, -0.2) is 6.54 Å². The number of unbranched alkanes of at least 4 members (excludes halogenated alkanes) is 1. The fourth-order valence-electron chi connectivity index (χ4n) is 2.09. The molecule has 0 heterocycles. The molecule has 1 atom stereocenters. The molecule has 1 rings (SSSR count). The zero-order chi connectivity index (χ0) is 15.2. The van der Waals surface area contributed by atoms with Crippen LogP contribution in [0.3, 0.4) is 0 Å². The van der Waals surface area contributed by atoms with Crippen LogP contribution in [0.4, 0.5) is 17.6 Å². The van der Waals surface area contributed by atoms with Gasteiger partial charge < -0.3 is 5.32 Å². The predicted octanol–water partition coefficient (Wildman–Crippen LogP) is 5.08. The van der Waals surface area contributed by atoms with Crippen molar-refractivity contribution in [3.63, 3.8) is 0 Å². The molecule has 1 N–H and O–H groups in total. The molecular weight excluding hydrogens is 270 g/mol. The van der Waals surface area contributed by atoms with E-state index in [1.165, 1.54) is 6.07 Å². The minimum absolute atomic E-state index is 0.0910. The van der Waals surface area contributed by atoms with E-state index in [4.69, 9.17) is 0 Å². The third-order valence-electron chi connectivity index (χ3n) is 3.19. The van der Waals surface area contributed by atoms with E-state index in [1.54, 1.807) is 0 Å². The van der Waals surface area contributed by atoms with Crippen molar-refractivity contribution >= 4 is 0 Å². The maximum Gasteiger partial charge on any atom is 0.419 e. The summed E-state index contributed by atoms with van der Waals surface area (Å²) in [5.74, 6) is -1.20. The molecule has 1 aromatic carbocycles. The van der Waals surface area contributed by atoms with Crippen molar-refractivity contribution in [2.45, 2.75) is 51.7 Å². The Balaban J connectivity index is 2.93. The lowest BCUT2D eigenvalue weighted by Crippen LogP contribution is -2.22. The molecule has 0 saturated heterocycles. The largest absolute Gasteiger partial charge is 0.419 e. The standard InChI is InChI=1S/C15H21F4N/c1-3-5-6-14(20-9-4-2)11-7-8-12(13(16)10-11)15(17,18)19/h7-8,10,14,20H,3-6,9H2,1-2H3. The van der Waals surface area contributed by atoms with Gasteiger partial charge in [0.15, 0.2) is 0 Å². The SMILES string of the molecule is CCCCC(NCCC)c1ccc(C(F)(F)F)c(F)c1. The van der Waals surface area contributed by atoms with E-state index >= 15 is 0 Å². The quantitative estimate of drug-likeness (QED) is 0.691. The highest BCUT2D eigenvalue weighted by Crippen LogP contribution is 2.33. The van der Waals surface area contributed by atoms with E-state index in [0.29, 0.717) is 5.56 Å². The number of halogens is 4. The van der Waals surface area contributed by atoms with E-state index in [9.17, 15) is 17.6 Å². The van der Waals surface area contributed by atoms with Gasteiger partial charge in [0.25, 0.3) is 0 Å². The van der Waals surface area contributed by atoms with Crippen LogP contribution in [0.5, 0.6) is 0 Å². The van der Waals surface area contributed by atoms with Gasteiger partial charge >= 0.3 is 6.18 Å². The monoisotopic (exact) mass is 291 g/mol. The lowest BCUT2D eigenvalue weighted by molar-refractivity contribution is -0.140. The molecule has 0 aliphatic carbocycles. The van der Waals surface area contributed by atoms with Gasteiger partial charge in [-0.25, -0.2) is 4.39 Å². The maximum atomic E-state index is 13.6. The lowest BCUT2D eigenvalue weighted by atomic mass is 9.99. The molecule has 1 nitrogen and oxygen atoms in total. The Morgan fingerprint density at radius 2 is 1.85 bits per heavy atom. The number of hydrogen-bond donors (Lipinski definition) is 1. The van der Waals surface area contributed by atoms with Crippen molar-refractivity contribution in [2.75, 3.05) is 6.54 Å². The molecule has 0 fully saturated rings. The number of alkyl halides is 3. The molecule has 0 spiro atoms. The molecule has 1 unspecified atom stereocenters. The van der Waals surface area contributed by atoms with Crippen molar-refractivity contribution in [3.05, 3.63) is 35.1 Å². The first-order valence-corrected chi connectivity index (χ1v) is 7.00. The van der Waals surface area contributed by atoms with Gasteiger partial charge in [-0.15, -0.1) is 0 Å². The summed E-state index contributed by atoms with van der Waals surface area (Å²) in [6.45, 7) is 4.82. The second kappa shape index (κ2) is 7.62. The van der Waals surface area contributed by atoms with E-state index < -0.39 is 17.6 Å². The molecular formula is C15H21F4N. The molecule has 1 aromatic rings. The van der Waals surface area contributed by atoms with Gasteiger partial charge in [0, 0.05) is 6.04 Å². The Bertz CT molecular complexity index is 407. The van der Waals surface area contributed by atoms with Crippen LogP contribution in [0.25, 0.3) is 0 Å². The molecule has 5 heteroatoms. The molecule has 0 saturated carbocycles. The summed E-state index contributed by atoms with van der Waals surface area (Å²) in [6.07, 6.45) is -0.983. The Hall–Kier alpha value is -1.10. The van der Waals surface area contributed by atoms with E-state index in [0.717, 1.165) is 44.4 Å². The smallest absolute Gasteiger partial charge is 0.310 e. The highest BCUT2D eigenvalue weighted by Gasteiger charge is 2.34. The number of hydrogen-bond acceptors (Lipinski definition) is 1. The van der Waals surface area contributed by atoms with Crippen LogP contribution in [0.1, 0.15) is 56.7 Å². The van der Waals surface area contributed by atoms with Gasteiger partial charge in [0.1, 0.15) is 5.82 Å². The Kier molecular flexibility index (Phi) is 6.46. The molecule has 20 heavy (non-hydrogen) atoms. The first kappa shape index (κ1) is 17.0. The first-order valence-electron chi connectivity index (χ1n) is 7.00. The molecule has 0 radical (unpaired) electrons. The summed E-state index contributed by atoms with van der Waals surface area (Å²) in [7, 11) is 0. The average Bonchev–Trinajstić information content (AvgIpc) is 2.37. The van der Waals surface area contributed by atoms with Gasteiger partial charge in [-0.05, 0) is 37.1 Å². The third kappa shape index (κ3) is 4.78. The summed E-state index contributed by atoms with van der Waals surface area (Å²) in [6, 6.07) is 3.12. The van der Waals surface area contributed by atoms with Gasteiger partial charge in [0.05, 0.1) is 5.56 Å². The van der Waals surface area contributed by atoms with E-state index in [2.05, 4.69) is 5.32 Å². The van der Waals surface area contributed by atoms with Gasteiger partial charge in [-0.3, -0.25) is 0 Å². The summed E-state index contributed by atoms with van der Waals surface area (Å²) < 4.78 is 51.2. The van der Waals surface area contributed by atoms with Gasteiger partial charge in [-0.1, -0.05) is 32.8 Å². The summed E-state index contributed by atoms with van der Waals surface area (Å²) >= 11 is 0. The van der Waals surface area contributed by atoms with Gasteiger partial charge in [-0.2, -0.15) is 13.2 Å². The molecule has 0 aliphatic heterocycles. The molecule has 0 bridgehead atoms. The van der Waals surface area contributed by atoms with Crippen molar-refractivity contribution in [2.24, 2.45) is 0 Å². The van der Waals surface area contributed by atoms with Crippen LogP contribution in [-0.2, 0) is 6.18 Å². The Labute approximate surface area is 117 Å². The Morgan fingerprint density at radius 3 is 2.35 bits per heavy atom. The summed E-state index contributed by atoms with van der Waals surface area (Å²) in [5.41, 5.74) is -0.622. The van der Waals surface area contributed by atoms with Crippen molar-refractivity contribution in [3.8, 4) is 0 Å². The molecule has 0 aliphatic rings. The molecule has 0 amide bonds. The highest BCUT2D eigenvalue weighted by molar-refractivity contribution is 5.28. The van der Waals surface area contributed by atoms with Crippen LogP contribution in [0.2, 0.25) is 0 Å². The zero-order valence-corrected chi connectivity index (χ0v) is 11.9. The third-order valence-corrected chi connectivity index (χ3v) is 3.19. The maximum absolute atomic E-state index is 13.6. The predicted molar refractivity (Wildman–Crippen MR) is 72.0 cm³/mol. The highest BCUT2D eigenvalue weighted by atomic mass is 19.4. The summed E-state index contributed by atoms with van der Waals surface area (Å²) in [5, 5.41) is 3.26. The van der Waals surface area contributed by atoms with Gasteiger partial charge in [0.2, 0.25) is 0 Å². The molecule has 0 aromatic heterocycles. The normalized spacial score (nSPS) is 13.5. The Morgan fingerprint density at radius 1 is 1.15 bits per heavy atom. The van der Waals surface area contributed by atoms with Crippen LogP contribution < -0.4 is 5.32 Å². The van der Waals surface area contributed by atoms with Crippen molar-refractivity contribution in [1.82, 2.24) is 5.32 Å². The minimum Gasteiger partial charge on any atom is -0.310 e. The average molecular weight is 291 g/mol.